The van der Waals surface area contributed by atoms with Gasteiger partial charge in [0.15, 0.2) is 0 Å². The Morgan fingerprint density at radius 3 is 2.20 bits per heavy atom. The summed E-state index contributed by atoms with van der Waals surface area (Å²) in [7, 11) is 0. The number of rotatable bonds is 1. The molecule has 1 heterocycles. The molecule has 3 nitrogen and oxygen atoms in total. The summed E-state index contributed by atoms with van der Waals surface area (Å²) in [6, 6.07) is 0. The van der Waals surface area contributed by atoms with Crippen molar-refractivity contribution in [2.24, 2.45) is 0 Å². The van der Waals surface area contributed by atoms with Gasteiger partial charge in [0, 0.05) is 12.0 Å². The van der Waals surface area contributed by atoms with Gasteiger partial charge in [0.1, 0.15) is 5.76 Å². The molecule has 0 saturated heterocycles. The predicted molar refractivity (Wildman–Crippen MR) is 34.1 cm³/mol. The first-order chi connectivity index (χ1) is 4.66. The molecule has 0 saturated carbocycles. The Kier molecular flexibility index (Phi) is 1.57. The van der Waals surface area contributed by atoms with Crippen molar-refractivity contribution in [2.75, 3.05) is 0 Å². The third-order valence-corrected chi connectivity index (χ3v) is 1.48. The molecule has 10 heavy (non-hydrogen) atoms. The Morgan fingerprint density at radius 1 is 1.40 bits per heavy atom. The summed E-state index contributed by atoms with van der Waals surface area (Å²) in [5, 5.41) is 0. The molecular formula is C7H8O3. The van der Waals surface area contributed by atoms with Gasteiger partial charge in [-0.3, -0.25) is 4.79 Å². The topological polar surface area (TPSA) is 43.4 Å². The maximum absolute atomic E-state index is 10.7. The van der Waals surface area contributed by atoms with Crippen molar-refractivity contribution in [3.8, 4) is 0 Å². The number of allylic oxidation sites excluding steroid dienone is 1. The van der Waals surface area contributed by atoms with E-state index in [1.807, 2.05) is 6.92 Å². The Morgan fingerprint density at radius 2 is 2.00 bits per heavy atom. The van der Waals surface area contributed by atoms with Gasteiger partial charge in [-0.15, -0.1) is 0 Å². The minimum atomic E-state index is -0.741. The van der Waals surface area contributed by atoms with Crippen LogP contribution in [0.25, 0.3) is 0 Å². The number of carbonyl (C=O) groups is 2. The molecule has 0 aromatic rings. The van der Waals surface area contributed by atoms with Crippen LogP contribution in [0.3, 0.4) is 0 Å². The van der Waals surface area contributed by atoms with Gasteiger partial charge in [-0.1, -0.05) is 6.92 Å². The molecule has 1 aliphatic rings. The van der Waals surface area contributed by atoms with Crippen molar-refractivity contribution in [1.29, 1.82) is 0 Å². The highest BCUT2D eigenvalue weighted by Gasteiger charge is 2.29. The third kappa shape index (κ3) is 0.835. The van der Waals surface area contributed by atoms with E-state index in [0.717, 1.165) is 0 Å². The van der Waals surface area contributed by atoms with Gasteiger partial charge in [0.2, 0.25) is 0 Å². The zero-order valence-corrected chi connectivity index (χ0v) is 5.93. The first-order valence-electron chi connectivity index (χ1n) is 3.13. The highest BCUT2D eigenvalue weighted by atomic mass is 16.5. The molecule has 0 amide bonds. The minimum Gasteiger partial charge on any atom is -0.425 e. The van der Waals surface area contributed by atoms with Gasteiger partial charge >= 0.3 is 5.97 Å². The molecule has 0 N–H and O–H groups in total. The molecule has 54 valence electrons. The fourth-order valence-electron chi connectivity index (χ4n) is 0.852. The van der Waals surface area contributed by atoms with Crippen molar-refractivity contribution in [1.82, 2.24) is 0 Å². The van der Waals surface area contributed by atoms with E-state index in [4.69, 9.17) is 0 Å². The zero-order chi connectivity index (χ0) is 7.72. The van der Waals surface area contributed by atoms with Crippen LogP contribution in [-0.4, -0.2) is 11.8 Å². The second-order valence-corrected chi connectivity index (χ2v) is 2.12. The molecular weight excluding hydrogens is 132 g/mol. The van der Waals surface area contributed by atoms with Gasteiger partial charge in [0.05, 0.1) is 0 Å². The van der Waals surface area contributed by atoms with Crippen LogP contribution in [0.15, 0.2) is 11.3 Å². The molecule has 0 aromatic carbocycles. The summed E-state index contributed by atoms with van der Waals surface area (Å²) in [4.78, 5) is 21.3. The van der Waals surface area contributed by atoms with Crippen molar-refractivity contribution < 1.29 is 14.3 Å². The van der Waals surface area contributed by atoms with Gasteiger partial charge in [0.25, 0.3) is 5.78 Å². The third-order valence-electron chi connectivity index (χ3n) is 1.48. The number of ether oxygens (including phenoxy) is 1. The molecule has 1 aliphatic heterocycles. The lowest BCUT2D eigenvalue weighted by atomic mass is 10.2. The summed E-state index contributed by atoms with van der Waals surface area (Å²) in [6.45, 7) is 3.44. The van der Waals surface area contributed by atoms with E-state index in [1.54, 1.807) is 6.92 Å². The summed E-state index contributed by atoms with van der Waals surface area (Å²) in [5.74, 6) is -0.735. The Labute approximate surface area is 58.7 Å². The zero-order valence-electron chi connectivity index (χ0n) is 5.93. The highest BCUT2D eigenvalue weighted by molar-refractivity contribution is 6.42. The lowest BCUT2D eigenvalue weighted by Crippen LogP contribution is -2.07. The summed E-state index contributed by atoms with van der Waals surface area (Å²) < 4.78 is 4.63. The lowest BCUT2D eigenvalue weighted by Gasteiger charge is -1.93. The first-order valence-corrected chi connectivity index (χ1v) is 3.13. The van der Waals surface area contributed by atoms with Crippen molar-refractivity contribution in [2.45, 2.75) is 20.3 Å². The number of carbonyl (C=O) groups excluding carboxylic acids is 2. The van der Waals surface area contributed by atoms with Crippen LogP contribution in [0, 0.1) is 0 Å². The van der Waals surface area contributed by atoms with Crippen molar-refractivity contribution in [3.63, 3.8) is 0 Å². The largest absolute Gasteiger partial charge is 0.425 e. The number of esters is 1. The van der Waals surface area contributed by atoms with E-state index < -0.39 is 11.8 Å². The van der Waals surface area contributed by atoms with Crippen molar-refractivity contribution in [3.05, 3.63) is 11.3 Å². The monoisotopic (exact) mass is 140 g/mol. The van der Waals surface area contributed by atoms with Crippen LogP contribution in [0.5, 0.6) is 0 Å². The van der Waals surface area contributed by atoms with E-state index in [9.17, 15) is 9.59 Å². The molecule has 1 rings (SSSR count). The molecule has 3 heteroatoms. The van der Waals surface area contributed by atoms with Crippen LogP contribution in [-0.2, 0) is 14.3 Å². The minimum absolute atomic E-state index is 0.451. The molecule has 0 spiro atoms. The average molecular weight is 140 g/mol. The molecule has 0 unspecified atom stereocenters. The number of ketones is 1. The maximum atomic E-state index is 10.7. The SMILES string of the molecule is CCC1=C(C)C(=O)C(=O)O1. The number of hydrogen-bond donors (Lipinski definition) is 0. The Hall–Kier alpha value is -1.12. The number of Topliss-reactive ketones (excluding diaryl/α,β-unsaturated/α-hetero) is 1. The van der Waals surface area contributed by atoms with E-state index in [1.165, 1.54) is 0 Å². The second-order valence-electron chi connectivity index (χ2n) is 2.12. The lowest BCUT2D eigenvalue weighted by molar-refractivity contribution is -0.146. The quantitative estimate of drug-likeness (QED) is 0.399. The maximum Gasteiger partial charge on any atom is 0.384 e. The van der Waals surface area contributed by atoms with Crippen LogP contribution >= 0.6 is 0 Å². The van der Waals surface area contributed by atoms with E-state index >= 15 is 0 Å². The van der Waals surface area contributed by atoms with Gasteiger partial charge < -0.3 is 4.74 Å². The van der Waals surface area contributed by atoms with Gasteiger partial charge in [-0.25, -0.2) is 4.79 Å². The molecule has 0 aliphatic carbocycles. The normalized spacial score (nSPS) is 18.2. The van der Waals surface area contributed by atoms with Crippen molar-refractivity contribution >= 4 is 11.8 Å². The smallest absolute Gasteiger partial charge is 0.384 e. The van der Waals surface area contributed by atoms with Crippen LogP contribution in [0.4, 0.5) is 0 Å². The summed E-state index contributed by atoms with van der Waals surface area (Å²) >= 11 is 0. The molecule has 0 fully saturated rings. The summed E-state index contributed by atoms with van der Waals surface area (Å²) in [5.41, 5.74) is 0.451. The van der Waals surface area contributed by atoms with Crippen LogP contribution in [0.1, 0.15) is 20.3 Å². The second kappa shape index (κ2) is 2.25. The fraction of sp³-hybridized carbons (Fsp3) is 0.429. The van der Waals surface area contributed by atoms with Gasteiger partial charge in [-0.2, -0.15) is 0 Å². The first kappa shape index (κ1) is 6.99. The number of cyclic esters (lactones) is 1. The van der Waals surface area contributed by atoms with E-state index in [2.05, 4.69) is 4.74 Å². The summed E-state index contributed by atoms with van der Waals surface area (Å²) in [6.07, 6.45) is 0.601. The van der Waals surface area contributed by atoms with Crippen LogP contribution < -0.4 is 0 Å². The molecule has 0 radical (unpaired) electrons. The fourth-order valence-corrected chi connectivity index (χ4v) is 0.852. The average Bonchev–Trinajstić information content (AvgIpc) is 2.17. The highest BCUT2D eigenvalue weighted by Crippen LogP contribution is 2.18. The molecule has 0 atom stereocenters. The van der Waals surface area contributed by atoms with Crippen LogP contribution in [0.2, 0.25) is 0 Å². The molecule has 0 aromatic heterocycles. The standard InChI is InChI=1S/C7H8O3/c1-3-5-4(2)6(8)7(9)10-5/h3H2,1-2H3. The van der Waals surface area contributed by atoms with Gasteiger partial charge in [-0.05, 0) is 6.92 Å². The predicted octanol–water partition coefficient (Wildman–Crippen LogP) is 0.796. The Balaban J connectivity index is 2.94. The van der Waals surface area contributed by atoms with E-state index in [-0.39, 0.29) is 0 Å². The van der Waals surface area contributed by atoms with E-state index in [0.29, 0.717) is 17.8 Å². The number of hydrogen-bond acceptors (Lipinski definition) is 3. The molecule has 0 bridgehead atoms. The Bertz CT molecular complexity index is 225.